The van der Waals surface area contributed by atoms with Gasteiger partial charge in [-0.1, -0.05) is 0 Å². The maximum Gasteiger partial charge on any atom is 0.342 e. The Kier molecular flexibility index (Phi) is 3.24. The molecule has 0 aliphatic carbocycles. The third kappa shape index (κ3) is 2.30. The molecule has 2 aliphatic rings. The molecule has 2 N–H and O–H groups in total. The van der Waals surface area contributed by atoms with Crippen LogP contribution in [0.5, 0.6) is 5.88 Å². The first-order chi connectivity index (χ1) is 11.4. The number of nitrogens with one attached hydrogen (secondary N) is 1. The standard InChI is InChI=1S/C14H15N3O6S/c18-12-7-17(13(19)15-12)24(20,21)11-3-1-10(2-4-11)16-8-14(9-16)22-5-6-23-14/h1-4,7,18H,5-6,8-9H2,(H,15,19). The number of ether oxygens (including phenoxy) is 2. The molecule has 3 heterocycles. The molecule has 0 atom stereocenters. The number of hydrogen-bond acceptors (Lipinski definition) is 7. The summed E-state index contributed by atoms with van der Waals surface area (Å²) < 4.78 is 36.4. The molecule has 0 saturated carbocycles. The smallest absolute Gasteiger partial charge is 0.342 e. The van der Waals surface area contributed by atoms with E-state index >= 15 is 0 Å². The number of aromatic hydroxyl groups is 1. The van der Waals surface area contributed by atoms with E-state index < -0.39 is 27.4 Å². The Hall–Kier alpha value is -2.30. The van der Waals surface area contributed by atoms with E-state index in [9.17, 15) is 18.3 Å². The zero-order valence-corrected chi connectivity index (χ0v) is 13.3. The largest absolute Gasteiger partial charge is 0.493 e. The topological polar surface area (TPSA) is 114 Å². The van der Waals surface area contributed by atoms with Gasteiger partial charge in [0, 0.05) is 5.69 Å². The van der Waals surface area contributed by atoms with Crippen LogP contribution in [0.1, 0.15) is 0 Å². The zero-order valence-electron chi connectivity index (χ0n) is 12.5. The van der Waals surface area contributed by atoms with Crippen LogP contribution in [0.2, 0.25) is 0 Å². The van der Waals surface area contributed by atoms with Gasteiger partial charge >= 0.3 is 5.69 Å². The Morgan fingerprint density at radius 2 is 1.75 bits per heavy atom. The van der Waals surface area contributed by atoms with Crippen LogP contribution in [-0.2, 0) is 19.5 Å². The summed E-state index contributed by atoms with van der Waals surface area (Å²) in [5, 5.41) is 9.23. The van der Waals surface area contributed by atoms with Gasteiger partial charge in [-0.3, -0.25) is 4.98 Å². The van der Waals surface area contributed by atoms with E-state index in [2.05, 4.69) is 0 Å². The average molecular weight is 353 g/mol. The highest BCUT2D eigenvalue weighted by Crippen LogP contribution is 2.34. The van der Waals surface area contributed by atoms with Crippen molar-refractivity contribution in [2.45, 2.75) is 10.7 Å². The molecule has 0 radical (unpaired) electrons. The SMILES string of the molecule is O=c1[nH]c(O)cn1S(=O)(=O)c1ccc(N2CC3(C2)OCCO3)cc1. The Bertz CT molecular complexity index is 916. The predicted molar refractivity (Wildman–Crippen MR) is 82.6 cm³/mol. The molecule has 0 unspecified atom stereocenters. The number of aromatic amines is 1. The van der Waals surface area contributed by atoms with E-state index in [1.165, 1.54) is 12.1 Å². The molecule has 0 amide bonds. The zero-order chi connectivity index (χ0) is 16.9. The quantitative estimate of drug-likeness (QED) is 0.777. The van der Waals surface area contributed by atoms with Crippen LogP contribution in [0.3, 0.4) is 0 Å². The van der Waals surface area contributed by atoms with Crippen molar-refractivity contribution < 1.29 is 23.0 Å². The van der Waals surface area contributed by atoms with E-state index in [1.54, 1.807) is 12.1 Å². The monoisotopic (exact) mass is 353 g/mol. The van der Waals surface area contributed by atoms with Crippen molar-refractivity contribution in [2.75, 3.05) is 31.2 Å². The van der Waals surface area contributed by atoms with E-state index in [0.717, 1.165) is 11.9 Å². The molecule has 2 saturated heterocycles. The molecule has 2 fully saturated rings. The Labute approximate surface area is 137 Å². The van der Waals surface area contributed by atoms with Crippen LogP contribution in [0.15, 0.2) is 40.2 Å². The number of rotatable bonds is 3. The molecular formula is C14H15N3O6S. The van der Waals surface area contributed by atoms with Gasteiger partial charge in [-0.05, 0) is 24.3 Å². The van der Waals surface area contributed by atoms with Gasteiger partial charge in [0.1, 0.15) is 0 Å². The van der Waals surface area contributed by atoms with E-state index in [4.69, 9.17) is 9.47 Å². The van der Waals surface area contributed by atoms with Gasteiger partial charge < -0.3 is 19.5 Å². The van der Waals surface area contributed by atoms with Gasteiger partial charge in [0.2, 0.25) is 11.7 Å². The number of benzene rings is 1. The summed E-state index contributed by atoms with van der Waals surface area (Å²) in [4.78, 5) is 15.5. The van der Waals surface area contributed by atoms with E-state index in [0.29, 0.717) is 30.3 Å². The average Bonchev–Trinajstić information content (AvgIpc) is 3.13. The van der Waals surface area contributed by atoms with Crippen molar-refractivity contribution in [2.24, 2.45) is 0 Å². The van der Waals surface area contributed by atoms with Crippen LogP contribution in [0, 0.1) is 0 Å². The number of imidazole rings is 1. The summed E-state index contributed by atoms with van der Waals surface area (Å²) in [5.74, 6) is -1.04. The fraction of sp³-hybridized carbons (Fsp3) is 0.357. The van der Waals surface area contributed by atoms with Crippen LogP contribution in [-0.4, -0.2) is 54.6 Å². The minimum Gasteiger partial charge on any atom is -0.493 e. The molecular weight excluding hydrogens is 338 g/mol. The second-order valence-corrected chi connectivity index (χ2v) is 7.52. The number of nitrogens with zero attached hydrogens (tertiary/aromatic N) is 2. The molecule has 1 spiro atoms. The van der Waals surface area contributed by atoms with E-state index in [-0.39, 0.29) is 4.90 Å². The molecule has 2 aromatic rings. The second-order valence-electron chi connectivity index (χ2n) is 5.70. The summed E-state index contributed by atoms with van der Waals surface area (Å²) in [6.07, 6.45) is 0.833. The lowest BCUT2D eigenvalue weighted by Gasteiger charge is -2.46. The van der Waals surface area contributed by atoms with Crippen molar-refractivity contribution in [1.29, 1.82) is 0 Å². The first-order valence-corrected chi connectivity index (χ1v) is 8.73. The fourth-order valence-corrected chi connectivity index (χ4v) is 4.09. The first kappa shape index (κ1) is 15.2. The second kappa shape index (κ2) is 5.10. The lowest BCUT2D eigenvalue weighted by molar-refractivity contribution is -0.172. The van der Waals surface area contributed by atoms with Gasteiger partial charge in [0.25, 0.3) is 10.0 Å². The summed E-state index contributed by atoms with van der Waals surface area (Å²) in [5.41, 5.74) is -0.0836. The van der Waals surface area contributed by atoms with Crippen LogP contribution in [0.4, 0.5) is 5.69 Å². The van der Waals surface area contributed by atoms with Gasteiger partial charge in [0.05, 0.1) is 37.4 Å². The molecule has 1 aromatic heterocycles. The lowest BCUT2D eigenvalue weighted by Crippen LogP contribution is -2.62. The number of anilines is 1. The molecule has 9 nitrogen and oxygen atoms in total. The summed E-state index contributed by atoms with van der Waals surface area (Å²) in [6.45, 7) is 2.35. The van der Waals surface area contributed by atoms with Crippen molar-refractivity contribution in [3.63, 3.8) is 0 Å². The highest BCUT2D eigenvalue weighted by molar-refractivity contribution is 7.90. The molecule has 128 valence electrons. The van der Waals surface area contributed by atoms with Crippen LogP contribution < -0.4 is 10.6 Å². The Morgan fingerprint density at radius 3 is 2.29 bits per heavy atom. The third-order valence-electron chi connectivity index (χ3n) is 4.11. The Balaban J connectivity index is 1.56. The Morgan fingerprint density at radius 1 is 1.12 bits per heavy atom. The maximum absolute atomic E-state index is 12.4. The molecule has 0 bridgehead atoms. The van der Waals surface area contributed by atoms with Gasteiger partial charge in [0.15, 0.2) is 0 Å². The van der Waals surface area contributed by atoms with Crippen molar-refractivity contribution in [3.8, 4) is 5.88 Å². The lowest BCUT2D eigenvalue weighted by atomic mass is 10.1. The molecule has 10 heteroatoms. The normalized spacial score (nSPS) is 19.6. The minimum absolute atomic E-state index is 0.0454. The van der Waals surface area contributed by atoms with Crippen LogP contribution in [0.25, 0.3) is 0 Å². The maximum atomic E-state index is 12.4. The summed E-state index contributed by atoms with van der Waals surface area (Å²) in [7, 11) is -4.06. The molecule has 4 rings (SSSR count). The van der Waals surface area contributed by atoms with Gasteiger partial charge in [-0.25, -0.2) is 13.2 Å². The van der Waals surface area contributed by atoms with Gasteiger partial charge in [-0.2, -0.15) is 3.97 Å². The number of H-pyrrole nitrogens is 1. The van der Waals surface area contributed by atoms with Gasteiger partial charge in [-0.15, -0.1) is 0 Å². The molecule has 2 aliphatic heterocycles. The highest BCUT2D eigenvalue weighted by Gasteiger charge is 2.48. The van der Waals surface area contributed by atoms with Crippen molar-refractivity contribution >= 4 is 15.7 Å². The fourth-order valence-electron chi connectivity index (χ4n) is 2.89. The summed E-state index contributed by atoms with van der Waals surface area (Å²) in [6, 6.07) is 6.16. The highest BCUT2D eigenvalue weighted by atomic mass is 32.2. The van der Waals surface area contributed by atoms with E-state index in [1.807, 2.05) is 9.88 Å². The number of hydrogen-bond donors (Lipinski definition) is 2. The minimum atomic E-state index is -4.06. The number of aromatic nitrogens is 2. The van der Waals surface area contributed by atoms with Crippen molar-refractivity contribution in [3.05, 3.63) is 40.9 Å². The summed E-state index contributed by atoms with van der Waals surface area (Å²) >= 11 is 0. The third-order valence-corrected chi connectivity index (χ3v) is 5.77. The first-order valence-electron chi connectivity index (χ1n) is 7.29. The molecule has 1 aromatic carbocycles. The molecule has 24 heavy (non-hydrogen) atoms. The predicted octanol–water partition coefficient (Wildman–Crippen LogP) is -0.318. The van der Waals surface area contributed by atoms with Crippen LogP contribution >= 0.6 is 0 Å². The van der Waals surface area contributed by atoms with Crippen molar-refractivity contribution in [1.82, 2.24) is 8.96 Å².